The summed E-state index contributed by atoms with van der Waals surface area (Å²) in [6, 6.07) is 0. The number of nitrogens with zero attached hydrogens (tertiary/aromatic N) is 3. The quantitative estimate of drug-likeness (QED) is 0.279. The number of rotatable bonds is 12. The van der Waals surface area contributed by atoms with Gasteiger partial charge in [-0.25, -0.2) is 0 Å². The number of carbonyl (C=O) groups is 1. The molecule has 0 saturated carbocycles. The molecule has 8 heteroatoms. The molecule has 1 amide bonds. The van der Waals surface area contributed by atoms with Gasteiger partial charge in [0.05, 0.1) is 6.10 Å². The van der Waals surface area contributed by atoms with E-state index in [0.29, 0.717) is 6.10 Å². The molecule has 0 aromatic rings. The Kier molecular flexibility index (Phi) is 12.1. The molecule has 3 N–H and O–H groups in total. The second kappa shape index (κ2) is 14.6. The van der Waals surface area contributed by atoms with Crippen molar-refractivity contribution in [1.29, 1.82) is 0 Å². The number of nitrogens with two attached hydrogens (primary N) is 1. The number of methoxy groups -OCH3 is 1. The number of nitrogens with one attached hydrogen (secondary N) is 1. The van der Waals surface area contributed by atoms with Crippen molar-refractivity contribution in [1.82, 2.24) is 15.1 Å². The highest BCUT2D eigenvalue weighted by Crippen LogP contribution is 2.17. The van der Waals surface area contributed by atoms with Gasteiger partial charge in [0.15, 0.2) is 5.96 Å². The third kappa shape index (κ3) is 9.18. The van der Waals surface area contributed by atoms with E-state index in [0.717, 1.165) is 110 Å². The molecule has 0 aromatic heterocycles. The Hall–Kier alpha value is -1.38. The summed E-state index contributed by atoms with van der Waals surface area (Å²) in [5.74, 6) is 0.979. The van der Waals surface area contributed by atoms with Crippen molar-refractivity contribution in [2.24, 2.45) is 16.6 Å². The zero-order valence-corrected chi connectivity index (χ0v) is 19.1. The first kappa shape index (κ1) is 24.9. The van der Waals surface area contributed by atoms with Crippen LogP contribution < -0.4 is 11.1 Å². The Morgan fingerprint density at radius 2 is 1.80 bits per heavy atom. The van der Waals surface area contributed by atoms with E-state index in [-0.39, 0.29) is 11.8 Å². The Balaban J connectivity index is 1.62. The molecule has 0 atom stereocenters. The third-order valence-corrected chi connectivity index (χ3v) is 6.06. The molecule has 2 heterocycles. The van der Waals surface area contributed by atoms with Crippen LogP contribution in [-0.4, -0.2) is 93.9 Å². The summed E-state index contributed by atoms with van der Waals surface area (Å²) in [5.41, 5.74) is 5.41. The average molecular weight is 426 g/mol. The molecule has 0 radical (unpaired) electrons. The number of guanidine groups is 1. The fourth-order valence-electron chi connectivity index (χ4n) is 4.19. The molecule has 0 bridgehead atoms. The van der Waals surface area contributed by atoms with Crippen LogP contribution in [-0.2, 0) is 14.3 Å². The number of primary amides is 1. The highest BCUT2D eigenvalue weighted by atomic mass is 16.5. The van der Waals surface area contributed by atoms with Gasteiger partial charge in [0.1, 0.15) is 0 Å². The van der Waals surface area contributed by atoms with Crippen LogP contribution in [0, 0.1) is 5.92 Å². The van der Waals surface area contributed by atoms with Gasteiger partial charge in [0, 0.05) is 52.4 Å². The Bertz CT molecular complexity index is 501. The minimum atomic E-state index is -0.137. The first-order valence-electron chi connectivity index (χ1n) is 11.8. The zero-order chi connectivity index (χ0) is 21.6. The molecule has 2 rings (SSSR count). The lowest BCUT2D eigenvalue weighted by molar-refractivity contribution is -0.123. The largest absolute Gasteiger partial charge is 0.385 e. The van der Waals surface area contributed by atoms with Crippen molar-refractivity contribution < 1.29 is 14.3 Å². The van der Waals surface area contributed by atoms with Gasteiger partial charge in [0.2, 0.25) is 5.91 Å². The summed E-state index contributed by atoms with van der Waals surface area (Å²) in [5, 5.41) is 3.45. The molecule has 0 spiro atoms. The first-order chi connectivity index (χ1) is 14.6. The van der Waals surface area contributed by atoms with Gasteiger partial charge in [-0.2, -0.15) is 0 Å². The number of amides is 1. The molecule has 0 unspecified atom stereocenters. The van der Waals surface area contributed by atoms with Crippen LogP contribution >= 0.6 is 0 Å². The van der Waals surface area contributed by atoms with Gasteiger partial charge in [-0.05, 0) is 71.5 Å². The third-order valence-electron chi connectivity index (χ3n) is 6.06. The van der Waals surface area contributed by atoms with Crippen LogP contribution in [0.4, 0.5) is 0 Å². The van der Waals surface area contributed by atoms with E-state index in [9.17, 15) is 4.79 Å². The van der Waals surface area contributed by atoms with Crippen molar-refractivity contribution in [2.45, 2.75) is 58.0 Å². The summed E-state index contributed by atoms with van der Waals surface area (Å²) in [6.07, 6.45) is 7.47. The van der Waals surface area contributed by atoms with Crippen LogP contribution in [0.2, 0.25) is 0 Å². The molecule has 0 aliphatic carbocycles. The lowest BCUT2D eigenvalue weighted by Crippen LogP contribution is -2.47. The van der Waals surface area contributed by atoms with Crippen molar-refractivity contribution in [3.05, 3.63) is 0 Å². The smallest absolute Gasteiger partial charge is 0.220 e. The summed E-state index contributed by atoms with van der Waals surface area (Å²) in [4.78, 5) is 20.9. The van der Waals surface area contributed by atoms with Gasteiger partial charge in [-0.1, -0.05) is 0 Å². The molecule has 2 fully saturated rings. The monoisotopic (exact) mass is 425 g/mol. The van der Waals surface area contributed by atoms with Crippen LogP contribution in [0.3, 0.4) is 0 Å². The van der Waals surface area contributed by atoms with E-state index in [1.807, 2.05) is 0 Å². The number of piperidine rings is 2. The number of hydrogen-bond acceptors (Lipinski definition) is 5. The van der Waals surface area contributed by atoms with Crippen LogP contribution in [0.25, 0.3) is 0 Å². The topological polar surface area (TPSA) is 92.4 Å². The van der Waals surface area contributed by atoms with Crippen LogP contribution in [0.15, 0.2) is 4.99 Å². The second-order valence-electron chi connectivity index (χ2n) is 8.36. The van der Waals surface area contributed by atoms with Crippen molar-refractivity contribution >= 4 is 11.9 Å². The number of likely N-dealkylation sites (tertiary alicyclic amines) is 2. The minimum absolute atomic E-state index is 0.0772. The van der Waals surface area contributed by atoms with E-state index in [1.165, 1.54) is 0 Å². The van der Waals surface area contributed by atoms with E-state index < -0.39 is 0 Å². The average Bonchev–Trinajstić information content (AvgIpc) is 2.76. The Labute approximate surface area is 182 Å². The summed E-state index contributed by atoms with van der Waals surface area (Å²) < 4.78 is 11.0. The molecule has 2 aliphatic heterocycles. The van der Waals surface area contributed by atoms with Gasteiger partial charge in [0.25, 0.3) is 0 Å². The van der Waals surface area contributed by atoms with Gasteiger partial charge in [-0.3, -0.25) is 9.79 Å². The molecule has 0 aromatic carbocycles. The number of aliphatic imine (C=N–C) groups is 1. The van der Waals surface area contributed by atoms with Crippen LogP contribution in [0.5, 0.6) is 0 Å². The summed E-state index contributed by atoms with van der Waals surface area (Å²) in [6.45, 7) is 10.5. The van der Waals surface area contributed by atoms with E-state index >= 15 is 0 Å². The maximum atomic E-state index is 11.3. The Morgan fingerprint density at radius 1 is 1.07 bits per heavy atom. The van der Waals surface area contributed by atoms with Crippen molar-refractivity contribution in [3.63, 3.8) is 0 Å². The molecule has 30 heavy (non-hydrogen) atoms. The molecular formula is C22H43N5O3. The molecule has 174 valence electrons. The lowest BCUT2D eigenvalue weighted by Gasteiger charge is -2.34. The van der Waals surface area contributed by atoms with E-state index in [2.05, 4.69) is 22.0 Å². The SMILES string of the molecule is CCNC(=NCCCCN1CCC(C(N)=O)CC1)N1CCC(OCCCOC)CC1. The van der Waals surface area contributed by atoms with Gasteiger partial charge < -0.3 is 30.3 Å². The summed E-state index contributed by atoms with van der Waals surface area (Å²) >= 11 is 0. The Morgan fingerprint density at radius 3 is 2.43 bits per heavy atom. The first-order valence-corrected chi connectivity index (χ1v) is 11.8. The van der Waals surface area contributed by atoms with E-state index in [1.54, 1.807) is 7.11 Å². The van der Waals surface area contributed by atoms with Gasteiger partial charge >= 0.3 is 0 Å². The number of hydrogen-bond donors (Lipinski definition) is 2. The predicted molar refractivity (Wildman–Crippen MR) is 121 cm³/mol. The number of ether oxygens (including phenoxy) is 2. The highest BCUT2D eigenvalue weighted by Gasteiger charge is 2.23. The molecule has 2 saturated heterocycles. The maximum Gasteiger partial charge on any atom is 0.220 e. The van der Waals surface area contributed by atoms with E-state index in [4.69, 9.17) is 20.2 Å². The fraction of sp³-hybridized carbons (Fsp3) is 0.909. The predicted octanol–water partition coefficient (Wildman–Crippen LogP) is 1.45. The normalized spacial score (nSPS) is 19.9. The molecule has 8 nitrogen and oxygen atoms in total. The van der Waals surface area contributed by atoms with Gasteiger partial charge in [-0.15, -0.1) is 0 Å². The number of carbonyl (C=O) groups excluding carboxylic acids is 1. The van der Waals surface area contributed by atoms with Crippen molar-refractivity contribution in [2.75, 3.05) is 66.1 Å². The molecule has 2 aliphatic rings. The standard InChI is InChI=1S/C22H43N5O3/c1-3-24-22(27-15-9-20(10-16-27)30-18-6-17-29-2)25-11-4-5-12-26-13-7-19(8-14-26)21(23)28/h19-20H,3-18H2,1-2H3,(H2,23,28)(H,24,25). The maximum absolute atomic E-state index is 11.3. The molecular weight excluding hydrogens is 382 g/mol. The highest BCUT2D eigenvalue weighted by molar-refractivity contribution is 5.80. The van der Waals surface area contributed by atoms with Crippen molar-refractivity contribution in [3.8, 4) is 0 Å². The number of unbranched alkanes of at least 4 members (excludes halogenated alkanes) is 1. The fourth-order valence-corrected chi connectivity index (χ4v) is 4.19. The minimum Gasteiger partial charge on any atom is -0.385 e. The zero-order valence-electron chi connectivity index (χ0n) is 19.1. The lowest BCUT2D eigenvalue weighted by atomic mass is 9.96. The second-order valence-corrected chi connectivity index (χ2v) is 8.36. The van der Waals surface area contributed by atoms with Crippen LogP contribution in [0.1, 0.15) is 51.9 Å². The summed E-state index contributed by atoms with van der Waals surface area (Å²) in [7, 11) is 1.73.